The summed E-state index contributed by atoms with van der Waals surface area (Å²) in [6, 6.07) is 22.3. The second kappa shape index (κ2) is 10.1. The van der Waals surface area contributed by atoms with Crippen molar-refractivity contribution in [1.82, 2.24) is 10.3 Å². The van der Waals surface area contributed by atoms with Gasteiger partial charge in [0, 0.05) is 17.3 Å². The van der Waals surface area contributed by atoms with Crippen molar-refractivity contribution in [2.45, 2.75) is 26.7 Å². The van der Waals surface area contributed by atoms with Gasteiger partial charge in [0.2, 0.25) is 5.91 Å². The zero-order valence-electron chi connectivity index (χ0n) is 18.8. The van der Waals surface area contributed by atoms with E-state index in [1.807, 2.05) is 49.4 Å². The molecular weight excluding hydrogens is 446 g/mol. The molecule has 166 valence electrons. The van der Waals surface area contributed by atoms with Crippen LogP contribution in [0.1, 0.15) is 36.5 Å². The molecule has 0 aliphatic heterocycles. The number of rotatable bonds is 5. The molecule has 0 bridgehead atoms. The Hall–Kier alpha value is -3.35. The summed E-state index contributed by atoms with van der Waals surface area (Å²) in [4.78, 5) is 17.0. The van der Waals surface area contributed by atoms with Crippen molar-refractivity contribution >= 4 is 56.6 Å². The lowest BCUT2D eigenvalue weighted by Gasteiger charge is -2.11. The fraction of sp³-hybridized carbons (Fsp3) is 0.148. The molecule has 0 aliphatic carbocycles. The number of hydrogen-bond acceptors (Lipinski definition) is 4. The molecule has 2 N–H and O–H groups in total. The van der Waals surface area contributed by atoms with Crippen LogP contribution in [0.25, 0.3) is 26.9 Å². The van der Waals surface area contributed by atoms with Crippen LogP contribution in [-0.2, 0) is 4.79 Å². The molecule has 33 heavy (non-hydrogen) atoms. The van der Waals surface area contributed by atoms with E-state index in [2.05, 4.69) is 48.7 Å². The van der Waals surface area contributed by atoms with Crippen LogP contribution in [0.5, 0.6) is 0 Å². The molecule has 0 saturated carbocycles. The van der Waals surface area contributed by atoms with Crippen LogP contribution in [0.15, 0.2) is 72.8 Å². The maximum Gasteiger partial charge on any atom is 0.250 e. The lowest BCUT2D eigenvalue weighted by Crippen LogP contribution is -2.33. The van der Waals surface area contributed by atoms with Gasteiger partial charge in [-0.3, -0.25) is 10.1 Å². The highest BCUT2D eigenvalue weighted by atomic mass is 32.1. The Morgan fingerprint density at radius 2 is 1.82 bits per heavy atom. The smallest absolute Gasteiger partial charge is 0.250 e. The predicted molar refractivity (Wildman–Crippen MR) is 144 cm³/mol. The minimum absolute atomic E-state index is 0.260. The van der Waals surface area contributed by atoms with Crippen LogP contribution in [0.3, 0.4) is 0 Å². The van der Waals surface area contributed by atoms with Crippen molar-refractivity contribution in [2.75, 3.05) is 5.32 Å². The fourth-order valence-corrected chi connectivity index (χ4v) is 4.58. The largest absolute Gasteiger partial charge is 0.332 e. The monoisotopic (exact) mass is 471 g/mol. The number of anilines is 1. The number of amides is 1. The lowest BCUT2D eigenvalue weighted by atomic mass is 10.0. The van der Waals surface area contributed by atoms with Gasteiger partial charge in [-0.15, -0.1) is 11.3 Å². The molecule has 0 fully saturated rings. The summed E-state index contributed by atoms with van der Waals surface area (Å²) < 4.78 is 1.17. The molecule has 4 rings (SSSR count). The molecule has 0 spiro atoms. The number of nitrogens with one attached hydrogen (secondary N) is 2. The zero-order chi connectivity index (χ0) is 23.4. The molecule has 1 amide bonds. The van der Waals surface area contributed by atoms with Gasteiger partial charge in [-0.25, -0.2) is 4.98 Å². The zero-order valence-corrected chi connectivity index (χ0v) is 20.4. The van der Waals surface area contributed by atoms with E-state index in [1.54, 1.807) is 17.4 Å². The standard InChI is InChI=1S/C27H25N3OS2/c1-17(2)20-11-8-19(9-12-20)10-15-25(31)30-27(32)29-22-14-13-21(16-18(22)3)26-28-23-6-4-5-7-24(23)33-26/h4-17H,1-3H3,(H2,29,30,31,32)/b15-10+. The van der Waals surface area contributed by atoms with E-state index in [1.165, 1.54) is 16.3 Å². The van der Waals surface area contributed by atoms with Gasteiger partial charge in [-0.05, 0) is 78.2 Å². The summed E-state index contributed by atoms with van der Waals surface area (Å²) in [6.07, 6.45) is 3.27. The van der Waals surface area contributed by atoms with Gasteiger partial charge < -0.3 is 5.32 Å². The van der Waals surface area contributed by atoms with E-state index in [0.29, 0.717) is 5.92 Å². The van der Waals surface area contributed by atoms with Gasteiger partial charge in [-0.2, -0.15) is 0 Å². The number of nitrogens with zero attached hydrogens (tertiary/aromatic N) is 1. The molecule has 4 aromatic rings. The third-order valence-corrected chi connectivity index (χ3v) is 6.57. The molecule has 1 aromatic heterocycles. The molecule has 6 heteroatoms. The number of aryl methyl sites for hydroxylation is 1. The molecule has 0 atom stereocenters. The average molecular weight is 472 g/mol. The van der Waals surface area contributed by atoms with Crippen molar-refractivity contribution in [3.8, 4) is 10.6 Å². The van der Waals surface area contributed by atoms with Crippen LogP contribution in [-0.4, -0.2) is 16.0 Å². The Labute approximate surface area is 203 Å². The van der Waals surface area contributed by atoms with Crippen molar-refractivity contribution in [3.05, 3.63) is 89.5 Å². The first-order valence-electron chi connectivity index (χ1n) is 10.8. The van der Waals surface area contributed by atoms with Gasteiger partial charge in [0.25, 0.3) is 0 Å². The van der Waals surface area contributed by atoms with E-state index >= 15 is 0 Å². The number of carbonyl (C=O) groups excluding carboxylic acids is 1. The lowest BCUT2D eigenvalue weighted by molar-refractivity contribution is -0.115. The first kappa shape index (κ1) is 22.8. The highest BCUT2D eigenvalue weighted by molar-refractivity contribution is 7.80. The van der Waals surface area contributed by atoms with Gasteiger partial charge in [0.1, 0.15) is 5.01 Å². The summed E-state index contributed by atoms with van der Waals surface area (Å²) in [7, 11) is 0. The number of hydrogen-bond donors (Lipinski definition) is 2. The number of thiazole rings is 1. The first-order valence-corrected chi connectivity index (χ1v) is 12.0. The Balaban J connectivity index is 1.37. The van der Waals surface area contributed by atoms with E-state index < -0.39 is 0 Å². The number of carbonyl (C=O) groups is 1. The minimum Gasteiger partial charge on any atom is -0.332 e. The topological polar surface area (TPSA) is 54.0 Å². The Bertz CT molecular complexity index is 1300. The number of thiocarbonyl (C=S) groups is 1. The maximum absolute atomic E-state index is 12.3. The third-order valence-electron chi connectivity index (χ3n) is 5.28. The Morgan fingerprint density at radius 1 is 1.06 bits per heavy atom. The molecule has 0 saturated heterocycles. The average Bonchev–Trinajstić information content (AvgIpc) is 3.23. The Morgan fingerprint density at radius 3 is 2.52 bits per heavy atom. The van der Waals surface area contributed by atoms with E-state index in [0.717, 1.165) is 32.9 Å². The van der Waals surface area contributed by atoms with Gasteiger partial charge in [-0.1, -0.05) is 50.2 Å². The highest BCUT2D eigenvalue weighted by Gasteiger charge is 2.09. The van der Waals surface area contributed by atoms with Crippen LogP contribution in [0, 0.1) is 6.92 Å². The van der Waals surface area contributed by atoms with E-state index in [9.17, 15) is 4.79 Å². The number of fused-ring (bicyclic) bond motifs is 1. The maximum atomic E-state index is 12.3. The minimum atomic E-state index is -0.274. The number of aromatic nitrogens is 1. The van der Waals surface area contributed by atoms with Crippen molar-refractivity contribution in [1.29, 1.82) is 0 Å². The summed E-state index contributed by atoms with van der Waals surface area (Å²) in [5, 5.41) is 7.06. The number of para-hydroxylation sites is 1. The molecule has 1 heterocycles. The van der Waals surface area contributed by atoms with Crippen molar-refractivity contribution in [3.63, 3.8) is 0 Å². The molecule has 3 aromatic carbocycles. The van der Waals surface area contributed by atoms with E-state index in [-0.39, 0.29) is 11.0 Å². The predicted octanol–water partition coefficient (Wildman–Crippen LogP) is 6.92. The highest BCUT2D eigenvalue weighted by Crippen LogP contribution is 2.31. The first-order chi connectivity index (χ1) is 15.9. The third kappa shape index (κ3) is 5.72. The van der Waals surface area contributed by atoms with Crippen LogP contribution < -0.4 is 10.6 Å². The molecule has 0 radical (unpaired) electrons. The van der Waals surface area contributed by atoms with Crippen LogP contribution >= 0.6 is 23.6 Å². The SMILES string of the molecule is Cc1cc(-c2nc3ccccc3s2)ccc1NC(=S)NC(=O)/C=C/c1ccc(C(C)C)cc1. The quantitative estimate of drug-likeness (QED) is 0.245. The Kier molecular flexibility index (Phi) is 6.96. The van der Waals surface area contributed by atoms with E-state index in [4.69, 9.17) is 17.2 Å². The summed E-state index contributed by atoms with van der Waals surface area (Å²) >= 11 is 7.00. The van der Waals surface area contributed by atoms with Crippen LogP contribution in [0.2, 0.25) is 0 Å². The summed E-state index contributed by atoms with van der Waals surface area (Å²) in [5.74, 6) is 0.206. The van der Waals surface area contributed by atoms with Gasteiger partial charge in [0.15, 0.2) is 5.11 Å². The van der Waals surface area contributed by atoms with Crippen LogP contribution in [0.4, 0.5) is 5.69 Å². The second-order valence-corrected chi connectivity index (χ2v) is 9.55. The summed E-state index contributed by atoms with van der Waals surface area (Å²) in [6.45, 7) is 6.31. The normalized spacial score (nSPS) is 11.3. The molecule has 4 nitrogen and oxygen atoms in total. The van der Waals surface area contributed by atoms with Crippen molar-refractivity contribution in [2.24, 2.45) is 0 Å². The molecule has 0 unspecified atom stereocenters. The second-order valence-electron chi connectivity index (χ2n) is 8.11. The molecular formula is C27H25N3OS2. The fourth-order valence-electron chi connectivity index (χ4n) is 3.40. The summed E-state index contributed by atoms with van der Waals surface area (Å²) in [5.41, 5.74) is 6.16. The van der Waals surface area contributed by atoms with Gasteiger partial charge in [0.05, 0.1) is 10.2 Å². The van der Waals surface area contributed by atoms with Crippen molar-refractivity contribution < 1.29 is 4.79 Å². The number of benzene rings is 3. The molecule has 0 aliphatic rings. The van der Waals surface area contributed by atoms with Gasteiger partial charge >= 0.3 is 0 Å².